The monoisotopic (exact) mass is 429 g/mol. The highest BCUT2D eigenvalue weighted by atomic mass is 16.5. The Morgan fingerprint density at radius 1 is 0.906 bits per heavy atom. The maximum atomic E-state index is 13.0. The summed E-state index contributed by atoms with van der Waals surface area (Å²) in [6, 6.07) is 24.0. The second-order valence-electron chi connectivity index (χ2n) is 8.41. The van der Waals surface area contributed by atoms with Crippen LogP contribution in [0.4, 0.5) is 0 Å². The minimum atomic E-state index is 0.0911. The third kappa shape index (κ3) is 5.31. The summed E-state index contributed by atoms with van der Waals surface area (Å²) in [6.45, 7) is 6.77. The molecule has 1 amide bonds. The summed E-state index contributed by atoms with van der Waals surface area (Å²) in [6.07, 6.45) is 2.13. The molecule has 0 N–H and O–H groups in total. The Morgan fingerprint density at radius 2 is 1.59 bits per heavy atom. The van der Waals surface area contributed by atoms with Crippen molar-refractivity contribution in [2.45, 2.75) is 33.3 Å². The van der Waals surface area contributed by atoms with Crippen LogP contribution in [-0.2, 0) is 6.61 Å². The van der Waals surface area contributed by atoms with Crippen LogP contribution in [0.5, 0.6) is 11.5 Å². The lowest BCUT2D eigenvalue weighted by molar-refractivity contribution is 0.0697. The van der Waals surface area contributed by atoms with Gasteiger partial charge in [0.1, 0.15) is 18.1 Å². The van der Waals surface area contributed by atoms with E-state index in [1.54, 1.807) is 0 Å². The van der Waals surface area contributed by atoms with E-state index < -0.39 is 0 Å². The molecule has 32 heavy (non-hydrogen) atoms. The third-order valence-electron chi connectivity index (χ3n) is 6.03. The van der Waals surface area contributed by atoms with Crippen molar-refractivity contribution < 1.29 is 14.3 Å². The highest BCUT2D eigenvalue weighted by molar-refractivity contribution is 5.94. The standard InChI is InChI=1S/C28H31NO3/c1-3-31-27-14-11-24(28(30)29-17-15-21(2)16-18-29)19-25(27)20-32-26-12-9-23(10-13-26)22-7-5-4-6-8-22/h4-14,19,21H,3,15-18,20H2,1-2H3. The summed E-state index contributed by atoms with van der Waals surface area (Å²) in [5.74, 6) is 2.33. The average molecular weight is 430 g/mol. The molecule has 0 radical (unpaired) electrons. The fourth-order valence-corrected chi connectivity index (χ4v) is 4.05. The van der Waals surface area contributed by atoms with Gasteiger partial charge < -0.3 is 14.4 Å². The molecule has 1 aliphatic rings. The molecule has 0 atom stereocenters. The van der Waals surface area contributed by atoms with Crippen molar-refractivity contribution in [1.29, 1.82) is 0 Å². The van der Waals surface area contributed by atoms with Crippen LogP contribution in [0, 0.1) is 5.92 Å². The van der Waals surface area contributed by atoms with Gasteiger partial charge in [-0.2, -0.15) is 0 Å². The van der Waals surface area contributed by atoms with Crippen molar-refractivity contribution in [3.8, 4) is 22.6 Å². The van der Waals surface area contributed by atoms with Gasteiger partial charge in [0.05, 0.1) is 6.61 Å². The third-order valence-corrected chi connectivity index (χ3v) is 6.03. The molecule has 0 aliphatic carbocycles. The Bertz CT molecular complexity index is 1020. The Morgan fingerprint density at radius 3 is 2.28 bits per heavy atom. The van der Waals surface area contributed by atoms with E-state index in [0.29, 0.717) is 24.7 Å². The molecule has 4 heteroatoms. The molecule has 1 fully saturated rings. The lowest BCUT2D eigenvalue weighted by Crippen LogP contribution is -2.37. The number of hydrogen-bond acceptors (Lipinski definition) is 3. The van der Waals surface area contributed by atoms with E-state index in [2.05, 4.69) is 31.2 Å². The number of ether oxygens (including phenoxy) is 2. The van der Waals surface area contributed by atoms with E-state index in [1.807, 2.05) is 60.4 Å². The van der Waals surface area contributed by atoms with Gasteiger partial charge in [-0.25, -0.2) is 0 Å². The summed E-state index contributed by atoms with van der Waals surface area (Å²) < 4.78 is 11.9. The normalized spacial score (nSPS) is 14.2. The van der Waals surface area contributed by atoms with Crippen LogP contribution < -0.4 is 9.47 Å². The summed E-state index contributed by atoms with van der Waals surface area (Å²) in [5.41, 5.74) is 3.91. The van der Waals surface area contributed by atoms with Crippen LogP contribution in [0.1, 0.15) is 42.6 Å². The molecule has 1 heterocycles. The van der Waals surface area contributed by atoms with Crippen LogP contribution >= 0.6 is 0 Å². The van der Waals surface area contributed by atoms with Gasteiger partial charge in [0.2, 0.25) is 0 Å². The van der Waals surface area contributed by atoms with Crippen molar-refractivity contribution >= 4 is 5.91 Å². The van der Waals surface area contributed by atoms with Crippen molar-refractivity contribution in [1.82, 2.24) is 4.90 Å². The van der Waals surface area contributed by atoms with E-state index in [1.165, 1.54) is 5.56 Å². The highest BCUT2D eigenvalue weighted by Crippen LogP contribution is 2.26. The molecule has 3 aromatic rings. The molecule has 4 nitrogen and oxygen atoms in total. The molecule has 4 rings (SSSR count). The molecule has 0 spiro atoms. The zero-order valence-corrected chi connectivity index (χ0v) is 18.9. The van der Waals surface area contributed by atoms with Gasteiger partial charge in [0.25, 0.3) is 5.91 Å². The lowest BCUT2D eigenvalue weighted by atomic mass is 9.98. The number of likely N-dealkylation sites (tertiary alicyclic amines) is 1. The number of carbonyl (C=O) groups excluding carboxylic acids is 1. The first-order valence-corrected chi connectivity index (χ1v) is 11.5. The second-order valence-corrected chi connectivity index (χ2v) is 8.41. The summed E-state index contributed by atoms with van der Waals surface area (Å²) in [4.78, 5) is 15.0. The average Bonchev–Trinajstić information content (AvgIpc) is 2.84. The minimum absolute atomic E-state index is 0.0911. The number of hydrogen-bond donors (Lipinski definition) is 0. The Balaban J connectivity index is 1.47. The maximum absolute atomic E-state index is 13.0. The largest absolute Gasteiger partial charge is 0.493 e. The first-order valence-electron chi connectivity index (χ1n) is 11.5. The number of nitrogens with zero attached hydrogens (tertiary/aromatic N) is 1. The van der Waals surface area contributed by atoms with E-state index in [0.717, 1.165) is 48.6 Å². The highest BCUT2D eigenvalue weighted by Gasteiger charge is 2.22. The molecule has 3 aromatic carbocycles. The molecule has 1 aliphatic heterocycles. The topological polar surface area (TPSA) is 38.8 Å². The van der Waals surface area contributed by atoms with Gasteiger partial charge in [-0.3, -0.25) is 4.79 Å². The second kappa shape index (κ2) is 10.4. The predicted octanol–water partition coefficient (Wildman–Crippen LogP) is 6.20. The van der Waals surface area contributed by atoms with Gasteiger partial charge in [-0.15, -0.1) is 0 Å². The number of piperidine rings is 1. The van der Waals surface area contributed by atoms with Crippen molar-refractivity contribution in [2.24, 2.45) is 5.92 Å². The first kappa shape index (κ1) is 21.9. The molecule has 0 aromatic heterocycles. The molecular formula is C28H31NO3. The molecule has 0 saturated carbocycles. The smallest absolute Gasteiger partial charge is 0.253 e. The maximum Gasteiger partial charge on any atom is 0.253 e. The number of rotatable bonds is 7. The Hall–Kier alpha value is -3.27. The lowest BCUT2D eigenvalue weighted by Gasteiger charge is -2.30. The van der Waals surface area contributed by atoms with Gasteiger partial charge in [-0.05, 0) is 67.1 Å². The van der Waals surface area contributed by atoms with Gasteiger partial charge in [-0.1, -0.05) is 49.4 Å². The van der Waals surface area contributed by atoms with E-state index in [4.69, 9.17) is 9.47 Å². The van der Waals surface area contributed by atoms with Crippen LogP contribution in [-0.4, -0.2) is 30.5 Å². The van der Waals surface area contributed by atoms with E-state index in [-0.39, 0.29) is 5.91 Å². The molecule has 0 unspecified atom stereocenters. The molecular weight excluding hydrogens is 398 g/mol. The summed E-state index contributed by atoms with van der Waals surface area (Å²) in [7, 11) is 0. The van der Waals surface area contributed by atoms with Gasteiger partial charge in [0, 0.05) is 24.2 Å². The molecule has 1 saturated heterocycles. The predicted molar refractivity (Wildman–Crippen MR) is 128 cm³/mol. The molecule has 0 bridgehead atoms. The zero-order chi connectivity index (χ0) is 22.3. The fraction of sp³-hybridized carbons (Fsp3) is 0.321. The number of carbonyl (C=O) groups is 1. The minimum Gasteiger partial charge on any atom is -0.493 e. The zero-order valence-electron chi connectivity index (χ0n) is 18.9. The van der Waals surface area contributed by atoms with E-state index >= 15 is 0 Å². The fourth-order valence-electron chi connectivity index (χ4n) is 4.05. The number of amides is 1. The van der Waals surface area contributed by atoms with Crippen molar-refractivity contribution in [3.63, 3.8) is 0 Å². The van der Waals surface area contributed by atoms with Crippen LogP contribution in [0.2, 0.25) is 0 Å². The SMILES string of the molecule is CCOc1ccc(C(=O)N2CCC(C)CC2)cc1COc1ccc(-c2ccccc2)cc1. The van der Waals surface area contributed by atoms with Crippen molar-refractivity contribution in [3.05, 3.63) is 83.9 Å². The van der Waals surface area contributed by atoms with Crippen LogP contribution in [0.25, 0.3) is 11.1 Å². The van der Waals surface area contributed by atoms with Crippen molar-refractivity contribution in [2.75, 3.05) is 19.7 Å². The quantitative estimate of drug-likeness (QED) is 0.449. The first-order chi connectivity index (χ1) is 15.6. The Labute approximate surface area is 190 Å². The van der Waals surface area contributed by atoms with E-state index in [9.17, 15) is 4.79 Å². The molecule has 166 valence electrons. The van der Waals surface area contributed by atoms with Gasteiger partial charge in [0.15, 0.2) is 0 Å². The van der Waals surface area contributed by atoms with Gasteiger partial charge >= 0.3 is 0 Å². The number of benzene rings is 3. The summed E-state index contributed by atoms with van der Waals surface area (Å²) >= 11 is 0. The van der Waals surface area contributed by atoms with Crippen LogP contribution in [0.15, 0.2) is 72.8 Å². The Kier molecular flexibility index (Phi) is 7.10. The van der Waals surface area contributed by atoms with Crippen LogP contribution in [0.3, 0.4) is 0 Å². The summed E-state index contributed by atoms with van der Waals surface area (Å²) in [5, 5.41) is 0.